The number of nitrogens with one attached hydrogen (secondary N) is 1. The first-order valence-corrected chi connectivity index (χ1v) is 8.80. The fourth-order valence-electron chi connectivity index (χ4n) is 2.76. The summed E-state index contributed by atoms with van der Waals surface area (Å²) < 4.78 is 30.2. The van der Waals surface area contributed by atoms with Crippen LogP contribution in [-0.2, 0) is 4.79 Å². The minimum absolute atomic E-state index is 0.00216. The van der Waals surface area contributed by atoms with Gasteiger partial charge < -0.3 is 14.6 Å². The summed E-state index contributed by atoms with van der Waals surface area (Å²) in [7, 11) is 0. The smallest absolute Gasteiger partial charge is 0.316 e. The Bertz CT molecular complexity index is 679. The Morgan fingerprint density at radius 2 is 2.04 bits per heavy atom. The fraction of sp³-hybridized carbons (Fsp3) is 0.500. The zero-order valence-corrected chi connectivity index (χ0v) is 15.0. The van der Waals surface area contributed by atoms with Gasteiger partial charge in [-0.05, 0) is 24.5 Å². The zero-order valence-electron chi connectivity index (χ0n) is 15.0. The van der Waals surface area contributed by atoms with Gasteiger partial charge in [-0.15, -0.1) is 5.10 Å². The van der Waals surface area contributed by atoms with Gasteiger partial charge in [0.25, 0.3) is 0 Å². The Morgan fingerprint density at radius 1 is 1.31 bits per heavy atom. The second kappa shape index (κ2) is 9.84. The number of alkyl halides is 2. The molecule has 0 saturated carbocycles. The minimum Gasteiger partial charge on any atom is -0.403 e. The van der Waals surface area contributed by atoms with E-state index in [0.29, 0.717) is 25.4 Å². The standard InChI is InChI=1S/C16H18F2N4O2.C2H6/c17-13(18)8-11-6-7-22(10-11)14(23)9-19-16-21-20-15(24-16)12-4-2-1-3-5-12;1-2/h1-5,11,13H,6-10H2,(H,19,21);1-2H3. The molecule has 1 fully saturated rings. The van der Waals surface area contributed by atoms with Crippen LogP contribution >= 0.6 is 0 Å². The van der Waals surface area contributed by atoms with Crippen molar-refractivity contribution in [3.8, 4) is 11.5 Å². The molecule has 1 unspecified atom stereocenters. The molecule has 0 aliphatic carbocycles. The number of benzene rings is 1. The van der Waals surface area contributed by atoms with Crippen LogP contribution in [0.3, 0.4) is 0 Å². The number of anilines is 1. The molecule has 3 rings (SSSR count). The third-order valence-electron chi connectivity index (χ3n) is 3.99. The predicted molar refractivity (Wildman–Crippen MR) is 94.9 cm³/mol. The first-order valence-electron chi connectivity index (χ1n) is 8.80. The summed E-state index contributed by atoms with van der Waals surface area (Å²) >= 11 is 0. The molecule has 2 aromatic rings. The maximum Gasteiger partial charge on any atom is 0.316 e. The molecule has 1 aromatic carbocycles. The maximum absolute atomic E-state index is 12.4. The Morgan fingerprint density at radius 3 is 2.73 bits per heavy atom. The largest absolute Gasteiger partial charge is 0.403 e. The molecule has 26 heavy (non-hydrogen) atoms. The van der Waals surface area contributed by atoms with Crippen molar-refractivity contribution in [2.24, 2.45) is 5.92 Å². The minimum atomic E-state index is -2.32. The molecule has 1 saturated heterocycles. The van der Waals surface area contributed by atoms with E-state index >= 15 is 0 Å². The number of likely N-dealkylation sites (tertiary alicyclic amines) is 1. The molecular formula is C18H24F2N4O2. The van der Waals surface area contributed by atoms with Crippen LogP contribution in [0.5, 0.6) is 0 Å². The highest BCUT2D eigenvalue weighted by Gasteiger charge is 2.28. The van der Waals surface area contributed by atoms with Crippen LogP contribution in [0.15, 0.2) is 34.7 Å². The Balaban J connectivity index is 0.00000117. The summed E-state index contributed by atoms with van der Waals surface area (Å²) in [6.07, 6.45) is -1.85. The number of hydrogen-bond acceptors (Lipinski definition) is 5. The van der Waals surface area contributed by atoms with E-state index in [4.69, 9.17) is 4.42 Å². The van der Waals surface area contributed by atoms with Gasteiger partial charge in [0.1, 0.15) is 0 Å². The number of rotatable bonds is 6. The van der Waals surface area contributed by atoms with E-state index < -0.39 is 6.43 Å². The number of hydrogen-bond donors (Lipinski definition) is 1. The van der Waals surface area contributed by atoms with Gasteiger partial charge in [-0.1, -0.05) is 37.1 Å². The van der Waals surface area contributed by atoms with Crippen LogP contribution < -0.4 is 5.32 Å². The van der Waals surface area contributed by atoms with Crippen molar-refractivity contribution in [2.45, 2.75) is 33.1 Å². The second-order valence-corrected chi connectivity index (χ2v) is 5.75. The predicted octanol–water partition coefficient (Wildman–Crippen LogP) is 3.68. The summed E-state index contributed by atoms with van der Waals surface area (Å²) in [5.41, 5.74) is 0.791. The molecule has 1 N–H and O–H groups in total. The van der Waals surface area contributed by atoms with Crippen molar-refractivity contribution in [2.75, 3.05) is 25.0 Å². The third-order valence-corrected chi connectivity index (χ3v) is 3.99. The van der Waals surface area contributed by atoms with Crippen LogP contribution in [0.25, 0.3) is 11.5 Å². The molecule has 0 bridgehead atoms. The fourth-order valence-corrected chi connectivity index (χ4v) is 2.76. The normalized spacial score (nSPS) is 16.3. The van der Waals surface area contributed by atoms with Crippen LogP contribution in [0.4, 0.5) is 14.8 Å². The van der Waals surface area contributed by atoms with E-state index in [2.05, 4.69) is 15.5 Å². The van der Waals surface area contributed by atoms with Crippen LogP contribution in [0, 0.1) is 5.92 Å². The quantitative estimate of drug-likeness (QED) is 0.844. The van der Waals surface area contributed by atoms with Crippen molar-refractivity contribution < 1.29 is 18.0 Å². The lowest BCUT2D eigenvalue weighted by atomic mass is 10.1. The van der Waals surface area contributed by atoms with Gasteiger partial charge in [-0.3, -0.25) is 4.79 Å². The molecule has 1 amide bonds. The lowest BCUT2D eigenvalue weighted by molar-refractivity contribution is -0.128. The van der Waals surface area contributed by atoms with Crippen LogP contribution in [0.1, 0.15) is 26.7 Å². The SMILES string of the molecule is CC.O=C(CNc1nnc(-c2ccccc2)o1)N1CCC(CC(F)F)C1. The van der Waals surface area contributed by atoms with E-state index in [1.165, 1.54) is 0 Å². The van der Waals surface area contributed by atoms with Gasteiger partial charge in [0.2, 0.25) is 18.2 Å². The molecular weight excluding hydrogens is 342 g/mol. The maximum atomic E-state index is 12.4. The third kappa shape index (κ3) is 5.50. The lowest BCUT2D eigenvalue weighted by Crippen LogP contribution is -2.34. The number of aromatic nitrogens is 2. The summed E-state index contributed by atoms with van der Waals surface area (Å²) in [4.78, 5) is 13.7. The highest BCUT2D eigenvalue weighted by atomic mass is 19.3. The van der Waals surface area contributed by atoms with E-state index in [0.717, 1.165) is 5.56 Å². The van der Waals surface area contributed by atoms with Crippen LogP contribution in [0.2, 0.25) is 0 Å². The van der Waals surface area contributed by atoms with Crippen molar-refractivity contribution in [1.29, 1.82) is 0 Å². The Labute approximate surface area is 151 Å². The molecule has 1 atom stereocenters. The van der Waals surface area contributed by atoms with Gasteiger partial charge in [-0.2, -0.15) is 0 Å². The topological polar surface area (TPSA) is 71.3 Å². The van der Waals surface area contributed by atoms with Crippen LogP contribution in [-0.4, -0.2) is 47.1 Å². The highest BCUT2D eigenvalue weighted by Crippen LogP contribution is 2.23. The molecule has 0 spiro atoms. The summed E-state index contributed by atoms with van der Waals surface area (Å²) in [5, 5.41) is 10.6. The number of nitrogens with zero attached hydrogens (tertiary/aromatic N) is 3. The number of carbonyl (C=O) groups is 1. The Hall–Kier alpha value is -2.51. The molecule has 8 heteroatoms. The highest BCUT2D eigenvalue weighted by molar-refractivity contribution is 5.80. The van der Waals surface area contributed by atoms with Gasteiger partial charge >= 0.3 is 6.01 Å². The summed E-state index contributed by atoms with van der Waals surface area (Å²) in [6, 6.07) is 9.45. The Kier molecular flexibility index (Phi) is 7.50. The molecule has 1 aliphatic heterocycles. The van der Waals surface area contributed by atoms with E-state index in [9.17, 15) is 13.6 Å². The van der Waals surface area contributed by atoms with Crippen molar-refractivity contribution in [3.05, 3.63) is 30.3 Å². The molecule has 6 nitrogen and oxygen atoms in total. The van der Waals surface area contributed by atoms with Gasteiger partial charge in [0.05, 0.1) is 6.54 Å². The van der Waals surface area contributed by atoms with Crippen molar-refractivity contribution in [3.63, 3.8) is 0 Å². The summed E-state index contributed by atoms with van der Waals surface area (Å²) in [6.45, 7) is 4.89. The second-order valence-electron chi connectivity index (χ2n) is 5.75. The number of carbonyl (C=O) groups excluding carboxylic acids is 1. The van der Waals surface area contributed by atoms with Gasteiger partial charge in [0.15, 0.2) is 0 Å². The van der Waals surface area contributed by atoms with E-state index in [1.807, 2.05) is 44.2 Å². The molecule has 142 valence electrons. The first-order chi connectivity index (χ1) is 12.6. The van der Waals surface area contributed by atoms with E-state index in [-0.39, 0.29) is 30.8 Å². The zero-order chi connectivity index (χ0) is 18.9. The van der Waals surface area contributed by atoms with Crippen molar-refractivity contribution >= 4 is 11.9 Å². The first kappa shape index (κ1) is 19.8. The molecule has 1 aliphatic rings. The molecule has 2 heterocycles. The van der Waals surface area contributed by atoms with Gasteiger partial charge in [0, 0.05) is 25.1 Å². The van der Waals surface area contributed by atoms with Gasteiger partial charge in [-0.25, -0.2) is 8.78 Å². The lowest BCUT2D eigenvalue weighted by Gasteiger charge is -2.16. The molecule has 0 radical (unpaired) electrons. The average Bonchev–Trinajstić information content (AvgIpc) is 3.31. The van der Waals surface area contributed by atoms with Crippen molar-refractivity contribution in [1.82, 2.24) is 15.1 Å². The van der Waals surface area contributed by atoms with E-state index in [1.54, 1.807) is 4.90 Å². The monoisotopic (exact) mass is 366 g/mol. The summed E-state index contributed by atoms with van der Waals surface area (Å²) in [5.74, 6) is 0.0805. The number of amides is 1. The average molecular weight is 366 g/mol. The molecule has 1 aromatic heterocycles. The number of halogens is 2.